The van der Waals surface area contributed by atoms with Crippen molar-refractivity contribution < 1.29 is 4.39 Å². The molecule has 0 aromatic heterocycles. The van der Waals surface area contributed by atoms with Crippen LogP contribution in [0.25, 0.3) is 0 Å². The minimum absolute atomic E-state index is 0.329. The molecular formula is C12H8ClFN2S. The standard InChI is InChI=1S/C12H8ClFN2S/c13-9-7-8(14)5-6-11(9)16-12-4-2-1-3-10(12)15-17-16/h1-7,15H. The van der Waals surface area contributed by atoms with E-state index in [0.717, 1.165) is 17.1 Å². The molecule has 86 valence electrons. The summed E-state index contributed by atoms with van der Waals surface area (Å²) in [6.45, 7) is 0. The summed E-state index contributed by atoms with van der Waals surface area (Å²) in [5.41, 5.74) is 2.82. The molecule has 0 unspecified atom stereocenters. The van der Waals surface area contributed by atoms with Crippen LogP contribution < -0.4 is 9.03 Å². The fraction of sp³-hybridized carbons (Fsp3) is 0. The van der Waals surface area contributed by atoms with Crippen molar-refractivity contribution in [3.8, 4) is 0 Å². The molecule has 0 saturated heterocycles. The van der Waals surface area contributed by atoms with Crippen molar-refractivity contribution in [2.24, 2.45) is 0 Å². The number of benzene rings is 2. The smallest absolute Gasteiger partial charge is 0.124 e. The van der Waals surface area contributed by atoms with E-state index in [1.54, 1.807) is 6.07 Å². The van der Waals surface area contributed by atoms with Crippen molar-refractivity contribution >= 4 is 40.8 Å². The topological polar surface area (TPSA) is 15.3 Å². The maximum absolute atomic E-state index is 13.0. The molecule has 1 heterocycles. The van der Waals surface area contributed by atoms with Gasteiger partial charge in [-0.15, -0.1) is 0 Å². The lowest BCUT2D eigenvalue weighted by Crippen LogP contribution is -2.03. The molecule has 3 rings (SSSR count). The van der Waals surface area contributed by atoms with Crippen LogP contribution in [-0.4, -0.2) is 0 Å². The molecule has 1 aliphatic heterocycles. The molecule has 0 spiro atoms. The summed E-state index contributed by atoms with van der Waals surface area (Å²) < 4.78 is 18.1. The van der Waals surface area contributed by atoms with E-state index in [0.29, 0.717) is 5.02 Å². The largest absolute Gasteiger partial charge is 0.310 e. The number of rotatable bonds is 1. The van der Waals surface area contributed by atoms with E-state index in [-0.39, 0.29) is 5.82 Å². The SMILES string of the molecule is Fc1ccc(N2SNc3ccccc32)c(Cl)c1. The summed E-state index contributed by atoms with van der Waals surface area (Å²) >= 11 is 7.47. The summed E-state index contributed by atoms with van der Waals surface area (Å²) in [5.74, 6) is -0.329. The third-order valence-electron chi connectivity index (χ3n) is 2.50. The number of nitrogens with zero attached hydrogens (tertiary/aromatic N) is 1. The molecule has 2 nitrogen and oxygen atoms in total. The van der Waals surface area contributed by atoms with Crippen molar-refractivity contribution in [2.45, 2.75) is 0 Å². The Morgan fingerprint density at radius 3 is 2.76 bits per heavy atom. The monoisotopic (exact) mass is 266 g/mol. The first-order valence-corrected chi connectivity index (χ1v) is 6.18. The first-order valence-electron chi connectivity index (χ1n) is 5.03. The Hall–Kier alpha value is -1.39. The number of nitrogens with one attached hydrogen (secondary N) is 1. The number of hydrogen-bond donors (Lipinski definition) is 1. The van der Waals surface area contributed by atoms with E-state index in [1.807, 2.05) is 28.6 Å². The number of halogens is 2. The van der Waals surface area contributed by atoms with Gasteiger partial charge < -0.3 is 4.72 Å². The van der Waals surface area contributed by atoms with Crippen LogP contribution in [0.2, 0.25) is 5.02 Å². The second kappa shape index (κ2) is 4.13. The molecule has 2 aromatic rings. The zero-order chi connectivity index (χ0) is 11.8. The average molecular weight is 267 g/mol. The van der Waals surface area contributed by atoms with Gasteiger partial charge in [0.1, 0.15) is 5.82 Å². The van der Waals surface area contributed by atoms with Gasteiger partial charge in [0.05, 0.1) is 34.2 Å². The third kappa shape index (κ3) is 1.83. The fourth-order valence-electron chi connectivity index (χ4n) is 1.71. The van der Waals surface area contributed by atoms with E-state index in [1.165, 1.54) is 24.3 Å². The minimum atomic E-state index is -0.329. The van der Waals surface area contributed by atoms with Crippen LogP contribution in [0.1, 0.15) is 0 Å². The van der Waals surface area contributed by atoms with Crippen LogP contribution in [0, 0.1) is 5.82 Å². The number of fused-ring (bicyclic) bond motifs is 1. The highest BCUT2D eigenvalue weighted by molar-refractivity contribution is 8.02. The quantitative estimate of drug-likeness (QED) is 0.759. The molecule has 0 radical (unpaired) electrons. The Labute approximate surface area is 108 Å². The lowest BCUT2D eigenvalue weighted by Gasteiger charge is -2.17. The molecule has 1 N–H and O–H groups in total. The zero-order valence-corrected chi connectivity index (χ0v) is 10.2. The molecule has 17 heavy (non-hydrogen) atoms. The third-order valence-corrected chi connectivity index (χ3v) is 3.69. The molecule has 2 aromatic carbocycles. The Kier molecular flexibility index (Phi) is 2.61. The van der Waals surface area contributed by atoms with Crippen molar-refractivity contribution in [3.63, 3.8) is 0 Å². The number of para-hydroxylation sites is 2. The van der Waals surface area contributed by atoms with Crippen LogP contribution in [-0.2, 0) is 0 Å². The highest BCUT2D eigenvalue weighted by atomic mass is 35.5. The first-order chi connectivity index (χ1) is 8.25. The summed E-state index contributed by atoms with van der Waals surface area (Å²) in [5, 5.41) is 0.399. The molecule has 0 bridgehead atoms. The van der Waals surface area contributed by atoms with Gasteiger partial charge in [-0.25, -0.2) is 4.39 Å². The van der Waals surface area contributed by atoms with E-state index >= 15 is 0 Å². The fourth-order valence-corrected chi connectivity index (χ4v) is 2.89. The highest BCUT2D eigenvalue weighted by Crippen LogP contribution is 2.46. The van der Waals surface area contributed by atoms with Gasteiger partial charge in [0.2, 0.25) is 0 Å². The van der Waals surface area contributed by atoms with Gasteiger partial charge in [-0.3, -0.25) is 4.31 Å². The zero-order valence-electron chi connectivity index (χ0n) is 8.65. The summed E-state index contributed by atoms with van der Waals surface area (Å²) in [6.07, 6.45) is 0. The summed E-state index contributed by atoms with van der Waals surface area (Å²) in [6, 6.07) is 12.3. The van der Waals surface area contributed by atoms with Gasteiger partial charge in [-0.2, -0.15) is 0 Å². The van der Waals surface area contributed by atoms with E-state index < -0.39 is 0 Å². The minimum Gasteiger partial charge on any atom is -0.310 e. The van der Waals surface area contributed by atoms with E-state index in [4.69, 9.17) is 11.6 Å². The molecular weight excluding hydrogens is 259 g/mol. The second-order valence-electron chi connectivity index (χ2n) is 3.60. The van der Waals surface area contributed by atoms with Crippen LogP contribution in [0.15, 0.2) is 42.5 Å². The molecule has 5 heteroatoms. The van der Waals surface area contributed by atoms with Gasteiger partial charge in [0.25, 0.3) is 0 Å². The Bertz CT molecular complexity index is 576. The molecule has 0 amide bonds. The van der Waals surface area contributed by atoms with Gasteiger partial charge in [-0.05, 0) is 30.3 Å². The molecule has 0 atom stereocenters. The van der Waals surface area contributed by atoms with Crippen molar-refractivity contribution in [2.75, 3.05) is 9.03 Å². The molecule has 0 fully saturated rings. The van der Waals surface area contributed by atoms with Crippen LogP contribution in [0.5, 0.6) is 0 Å². The van der Waals surface area contributed by atoms with Crippen LogP contribution >= 0.6 is 23.7 Å². The lowest BCUT2D eigenvalue weighted by molar-refractivity contribution is 0.628. The lowest BCUT2D eigenvalue weighted by atomic mass is 10.2. The maximum atomic E-state index is 13.0. The van der Waals surface area contributed by atoms with Crippen molar-refractivity contribution in [1.29, 1.82) is 0 Å². The van der Waals surface area contributed by atoms with Crippen LogP contribution in [0.3, 0.4) is 0 Å². The normalized spacial score (nSPS) is 13.4. The molecule has 1 aliphatic rings. The second-order valence-corrected chi connectivity index (χ2v) is 4.76. The van der Waals surface area contributed by atoms with Gasteiger partial charge >= 0.3 is 0 Å². The van der Waals surface area contributed by atoms with Crippen molar-refractivity contribution in [3.05, 3.63) is 53.3 Å². The summed E-state index contributed by atoms with van der Waals surface area (Å²) in [4.78, 5) is 0. The average Bonchev–Trinajstić information content (AvgIpc) is 2.73. The maximum Gasteiger partial charge on any atom is 0.124 e. The summed E-state index contributed by atoms with van der Waals surface area (Å²) in [7, 11) is 0. The van der Waals surface area contributed by atoms with Gasteiger partial charge in [0, 0.05) is 0 Å². The first kappa shape index (κ1) is 10.7. The Morgan fingerprint density at radius 2 is 1.94 bits per heavy atom. The Balaban J connectivity index is 2.07. The van der Waals surface area contributed by atoms with Gasteiger partial charge in [-0.1, -0.05) is 23.7 Å². The van der Waals surface area contributed by atoms with Crippen molar-refractivity contribution in [1.82, 2.24) is 0 Å². The van der Waals surface area contributed by atoms with E-state index in [9.17, 15) is 4.39 Å². The highest BCUT2D eigenvalue weighted by Gasteiger charge is 2.22. The number of anilines is 3. The molecule has 0 aliphatic carbocycles. The number of hydrogen-bond acceptors (Lipinski definition) is 3. The predicted octanol–water partition coefficient (Wildman–Crippen LogP) is 4.61. The van der Waals surface area contributed by atoms with Crippen LogP contribution in [0.4, 0.5) is 21.5 Å². The Morgan fingerprint density at radius 1 is 1.12 bits per heavy atom. The molecule has 0 saturated carbocycles. The van der Waals surface area contributed by atoms with E-state index in [2.05, 4.69) is 4.72 Å². The predicted molar refractivity (Wildman–Crippen MR) is 71.2 cm³/mol. The van der Waals surface area contributed by atoms with Gasteiger partial charge in [0.15, 0.2) is 0 Å².